The summed E-state index contributed by atoms with van der Waals surface area (Å²) in [7, 11) is 0. The van der Waals surface area contributed by atoms with E-state index in [9.17, 15) is 70.9 Å². The van der Waals surface area contributed by atoms with Crippen molar-refractivity contribution >= 4 is 11.9 Å². The molecule has 25 atom stereocenters. The van der Waals surface area contributed by atoms with E-state index in [2.05, 4.69) is 45.4 Å². The molecule has 1 aromatic rings. The number of carboxylic acid groups (broad SMARTS) is 1. The van der Waals surface area contributed by atoms with E-state index in [4.69, 9.17) is 33.5 Å². The number of hydrogen-bond acceptors (Lipinski definition) is 21. The van der Waals surface area contributed by atoms with Gasteiger partial charge in [0.2, 0.25) is 0 Å². The summed E-state index contributed by atoms with van der Waals surface area (Å²) in [6.07, 6.45) is -15.4. The van der Waals surface area contributed by atoms with E-state index in [1.165, 1.54) is 19.1 Å². The number of esters is 1. The van der Waals surface area contributed by atoms with Gasteiger partial charge in [-0.05, 0) is 136 Å². The van der Waals surface area contributed by atoms with Crippen LogP contribution in [0.5, 0.6) is 5.75 Å². The van der Waals surface area contributed by atoms with E-state index in [0.29, 0.717) is 25.7 Å². The lowest BCUT2D eigenvalue weighted by molar-refractivity contribution is -0.378. The van der Waals surface area contributed by atoms with Crippen LogP contribution in [0, 0.1) is 45.3 Å². The Kier molecular flexibility index (Phi) is 20.0. The van der Waals surface area contributed by atoms with E-state index in [0.717, 1.165) is 37.7 Å². The van der Waals surface area contributed by atoms with Crippen molar-refractivity contribution in [1.82, 2.24) is 0 Å². The molecular formula is C57H90O22. The SMILES string of the molecule is CC(=O)Oc1ccccc1C(=O)O.CC(C)=CCC[C@](C)(O[C@@H]1O[C@H](CO)[C@@H](O)[C@H](O)[C@H]1O)[C@H]1CC[C@]2(C)[C@@H]1[C@H](O)C[C@@H]1[C@@]3(C)CC[C@H](O[C@@H]4O[C@H](CO)[C@@H](O)[C@H](O)[C@H]4O[C@@H]4O[C@H](CO)[C@@H](O)[C@H](O)[C@H]4O)C(C)(C)[C@@H]3CC[C@]12C. The lowest BCUT2D eigenvalue weighted by Crippen LogP contribution is -2.68. The second kappa shape index (κ2) is 24.8. The lowest BCUT2D eigenvalue weighted by atomic mass is 9.35. The predicted octanol–water partition coefficient (Wildman–Crippen LogP) is 1.28. The molecule has 7 aliphatic rings. The Hall–Kier alpha value is -2.82. The average Bonchev–Trinajstić information content (AvgIpc) is 3.45. The number of carboxylic acids is 1. The Balaban J connectivity index is 0.000000609. The first-order valence-corrected chi connectivity index (χ1v) is 28.0. The van der Waals surface area contributed by atoms with Crippen molar-refractivity contribution in [3.05, 3.63) is 41.5 Å². The van der Waals surface area contributed by atoms with Crippen molar-refractivity contribution in [2.45, 2.75) is 230 Å². The first kappa shape index (κ1) is 63.8. The van der Waals surface area contributed by atoms with Crippen molar-refractivity contribution in [3.63, 3.8) is 0 Å². The number of para-hydroxylation sites is 1. The highest BCUT2D eigenvalue weighted by molar-refractivity contribution is 5.91. The molecule has 0 unspecified atom stereocenters. The number of aliphatic hydroxyl groups excluding tert-OH is 12. The highest BCUT2D eigenvalue weighted by Crippen LogP contribution is 2.76. The molecule has 3 aliphatic heterocycles. The number of carbonyl (C=O) groups is 2. The van der Waals surface area contributed by atoms with Gasteiger partial charge in [0.25, 0.3) is 0 Å². The van der Waals surface area contributed by atoms with Crippen LogP contribution in [0.1, 0.15) is 130 Å². The number of aromatic carboxylic acids is 1. The van der Waals surface area contributed by atoms with Crippen molar-refractivity contribution in [2.24, 2.45) is 45.3 Å². The van der Waals surface area contributed by atoms with Crippen LogP contribution in [0.4, 0.5) is 0 Å². The molecule has 22 nitrogen and oxygen atoms in total. The third kappa shape index (κ3) is 12.0. The topological polar surface area (TPSA) is 362 Å². The third-order valence-corrected chi connectivity index (χ3v) is 20.2. The molecular weight excluding hydrogens is 1040 g/mol. The zero-order chi connectivity index (χ0) is 58.5. The van der Waals surface area contributed by atoms with E-state index < -0.39 is 147 Å². The largest absolute Gasteiger partial charge is 0.478 e. The smallest absolute Gasteiger partial charge is 0.339 e. The van der Waals surface area contributed by atoms with Crippen LogP contribution >= 0.6 is 0 Å². The molecule has 3 heterocycles. The molecule has 4 aliphatic carbocycles. The number of ether oxygens (including phenoxy) is 7. The molecule has 0 radical (unpaired) electrons. The van der Waals surface area contributed by atoms with Gasteiger partial charge in [-0.2, -0.15) is 0 Å². The second-order valence-corrected chi connectivity index (χ2v) is 25.3. The first-order valence-electron chi connectivity index (χ1n) is 28.0. The highest BCUT2D eigenvalue weighted by Gasteiger charge is 2.72. The Morgan fingerprint density at radius 2 is 1.20 bits per heavy atom. The zero-order valence-electron chi connectivity index (χ0n) is 47.0. The Morgan fingerprint density at radius 3 is 1.77 bits per heavy atom. The van der Waals surface area contributed by atoms with Crippen molar-refractivity contribution < 1.29 is 109 Å². The molecule has 13 N–H and O–H groups in total. The Labute approximate surface area is 462 Å². The van der Waals surface area contributed by atoms with Gasteiger partial charge in [0.05, 0.1) is 37.6 Å². The standard InChI is InChI=1S/C48H82O18.C9H8O4/c1-22(2)10-9-14-48(8,66-42-39(60)36(57)33(54)26(20-50)62-42)23-11-16-47(7)31(23)24(52)18-29-45(5)15-13-30(44(3,4)28(45)12-17-46(29,47)6)64-43-40(37(58)34(55)27(21-51)63-43)65-41-38(59)35(56)32(53)25(19-49)61-41;1-6(10)13-8-5-3-2-4-7(8)9(11)12/h10,23-43,49-60H,9,11-21H2,1-8H3;2-5H,1H3,(H,11,12)/t23-,24+,25+,26+,27+,28-,29+,30-,31-,32+,33+,34+,35-,36-,37-,38+,39+,40+,41-,42-,43-,45-,46+,47+,48-;/m0./s1. The maximum atomic E-state index is 12.7. The molecule has 7 fully saturated rings. The van der Waals surface area contributed by atoms with Gasteiger partial charge in [-0.1, -0.05) is 58.4 Å². The van der Waals surface area contributed by atoms with Crippen molar-refractivity contribution in [2.75, 3.05) is 19.8 Å². The van der Waals surface area contributed by atoms with Crippen LogP contribution in [0.25, 0.3) is 0 Å². The van der Waals surface area contributed by atoms with E-state index in [1.807, 2.05) is 20.8 Å². The van der Waals surface area contributed by atoms with Crippen molar-refractivity contribution in [1.29, 1.82) is 0 Å². The van der Waals surface area contributed by atoms with E-state index in [-0.39, 0.29) is 51.2 Å². The fraction of sp³-hybridized carbons (Fsp3) is 0.825. The van der Waals surface area contributed by atoms with Crippen LogP contribution in [0.15, 0.2) is 35.9 Å². The maximum absolute atomic E-state index is 12.7. The summed E-state index contributed by atoms with van der Waals surface area (Å²) < 4.78 is 41.9. The number of fused-ring (bicyclic) bond motifs is 5. The second-order valence-electron chi connectivity index (χ2n) is 25.3. The van der Waals surface area contributed by atoms with Gasteiger partial charge in [0.15, 0.2) is 18.9 Å². The lowest BCUT2D eigenvalue weighted by Gasteiger charge is -2.71. The fourth-order valence-corrected chi connectivity index (χ4v) is 15.8. The van der Waals surface area contributed by atoms with Crippen LogP contribution in [-0.2, 0) is 33.2 Å². The van der Waals surface area contributed by atoms with Gasteiger partial charge in [-0.3, -0.25) is 4.79 Å². The Bertz CT molecular complexity index is 2260. The van der Waals surface area contributed by atoms with Gasteiger partial charge in [0.1, 0.15) is 84.6 Å². The molecule has 450 valence electrons. The minimum atomic E-state index is -1.79. The third-order valence-electron chi connectivity index (χ3n) is 20.2. The molecule has 3 saturated heterocycles. The highest BCUT2D eigenvalue weighted by atomic mass is 16.8. The molecule has 79 heavy (non-hydrogen) atoms. The Morgan fingerprint density at radius 1 is 0.658 bits per heavy atom. The summed E-state index contributed by atoms with van der Waals surface area (Å²) in [6, 6.07) is 5.98. The molecule has 0 bridgehead atoms. The molecule has 0 aromatic heterocycles. The van der Waals surface area contributed by atoms with E-state index >= 15 is 0 Å². The van der Waals surface area contributed by atoms with Crippen molar-refractivity contribution in [3.8, 4) is 5.75 Å². The van der Waals surface area contributed by atoms with Gasteiger partial charge >= 0.3 is 11.9 Å². The first-order chi connectivity index (χ1) is 37.0. The average molecular weight is 1130 g/mol. The number of rotatable bonds is 15. The monoisotopic (exact) mass is 1130 g/mol. The van der Waals surface area contributed by atoms with Crippen LogP contribution < -0.4 is 4.74 Å². The minimum absolute atomic E-state index is 0.0160. The molecule has 0 spiro atoms. The molecule has 22 heteroatoms. The summed E-state index contributed by atoms with van der Waals surface area (Å²) in [5.41, 5.74) is -1.14. The summed E-state index contributed by atoms with van der Waals surface area (Å²) in [5, 5.41) is 138. The van der Waals surface area contributed by atoms with Gasteiger partial charge in [-0.25, -0.2) is 4.79 Å². The molecule has 8 rings (SSSR count). The van der Waals surface area contributed by atoms with Crippen LogP contribution in [-0.4, -0.2) is 208 Å². The van der Waals surface area contributed by atoms with Gasteiger partial charge in [0, 0.05) is 6.92 Å². The number of allylic oxidation sites excluding steroid dienone is 2. The normalized spacial score (nSPS) is 45.3. The summed E-state index contributed by atoms with van der Waals surface area (Å²) in [5.74, 6) is -1.73. The number of hydrogen-bond donors (Lipinski definition) is 13. The molecule has 4 saturated carbocycles. The van der Waals surface area contributed by atoms with Gasteiger partial charge in [-0.15, -0.1) is 0 Å². The fourth-order valence-electron chi connectivity index (χ4n) is 15.8. The van der Waals surface area contributed by atoms with Gasteiger partial charge < -0.3 is 99.5 Å². The number of aliphatic hydroxyl groups is 12. The van der Waals surface area contributed by atoms with Crippen LogP contribution in [0.2, 0.25) is 0 Å². The zero-order valence-corrected chi connectivity index (χ0v) is 47.0. The number of benzene rings is 1. The minimum Gasteiger partial charge on any atom is -0.478 e. The molecule has 1 aromatic carbocycles. The number of carbonyl (C=O) groups excluding carboxylic acids is 1. The maximum Gasteiger partial charge on any atom is 0.339 e. The van der Waals surface area contributed by atoms with E-state index in [1.54, 1.807) is 12.1 Å². The molecule has 0 amide bonds. The predicted molar refractivity (Wildman–Crippen MR) is 278 cm³/mol. The quantitative estimate of drug-likeness (QED) is 0.0509. The summed E-state index contributed by atoms with van der Waals surface area (Å²) >= 11 is 0. The van der Waals surface area contributed by atoms with Crippen LogP contribution in [0.3, 0.4) is 0 Å². The summed E-state index contributed by atoms with van der Waals surface area (Å²) in [4.78, 5) is 21.2. The summed E-state index contributed by atoms with van der Waals surface area (Å²) in [6.45, 7) is 16.7.